The highest BCUT2D eigenvalue weighted by Gasteiger charge is 2.21. The fraction of sp³-hybridized carbons (Fsp3) is 0.250. The molecule has 0 amide bonds. The molecule has 1 saturated carbocycles. The van der Waals surface area contributed by atoms with Crippen molar-refractivity contribution in [3.05, 3.63) is 65.7 Å². The molecule has 1 aliphatic carbocycles. The highest BCUT2D eigenvalue weighted by molar-refractivity contribution is 5.54. The Morgan fingerprint density at radius 1 is 0.882 bits per heavy atom. The largest absolute Gasteiger partial charge is 0.382 e. The molecule has 86 valence electrons. The summed E-state index contributed by atoms with van der Waals surface area (Å²) in [4.78, 5) is 0. The summed E-state index contributed by atoms with van der Waals surface area (Å²) >= 11 is 0. The van der Waals surface area contributed by atoms with Crippen LogP contribution >= 0.6 is 0 Å². The second kappa shape index (κ2) is 4.62. The molecule has 0 aromatic heterocycles. The highest BCUT2D eigenvalue weighted by atomic mass is 15.0. The normalized spacial score (nSPS) is 14.6. The summed E-state index contributed by atoms with van der Waals surface area (Å²) in [5, 5.41) is 3.60. The summed E-state index contributed by atoms with van der Waals surface area (Å²) in [6.45, 7) is 0. The van der Waals surface area contributed by atoms with Gasteiger partial charge in [-0.15, -0.1) is 0 Å². The van der Waals surface area contributed by atoms with Crippen LogP contribution in [-0.2, 0) is 6.42 Å². The first-order valence-corrected chi connectivity index (χ1v) is 6.30. The maximum Gasteiger partial charge on any atom is 0.0378 e. The predicted molar refractivity (Wildman–Crippen MR) is 72.3 cm³/mol. The van der Waals surface area contributed by atoms with Gasteiger partial charge in [-0.2, -0.15) is 0 Å². The van der Waals surface area contributed by atoms with E-state index in [1.54, 1.807) is 0 Å². The van der Waals surface area contributed by atoms with E-state index in [9.17, 15) is 0 Å². The highest BCUT2D eigenvalue weighted by Crippen LogP contribution is 2.27. The van der Waals surface area contributed by atoms with Crippen molar-refractivity contribution < 1.29 is 0 Å². The smallest absolute Gasteiger partial charge is 0.0378 e. The second-order valence-electron chi connectivity index (χ2n) is 4.74. The fourth-order valence-electron chi connectivity index (χ4n) is 2.08. The SMILES string of the molecule is c1ccc(Cc2ccccc2NC2CC2)cc1. The minimum Gasteiger partial charge on any atom is -0.382 e. The first-order valence-electron chi connectivity index (χ1n) is 6.30. The van der Waals surface area contributed by atoms with Crippen LogP contribution in [0.3, 0.4) is 0 Å². The Hall–Kier alpha value is -1.76. The van der Waals surface area contributed by atoms with Gasteiger partial charge in [-0.05, 0) is 36.5 Å². The molecule has 1 nitrogen and oxygen atoms in total. The maximum absolute atomic E-state index is 3.60. The minimum atomic E-state index is 0.715. The van der Waals surface area contributed by atoms with Crippen molar-refractivity contribution in [2.45, 2.75) is 25.3 Å². The van der Waals surface area contributed by atoms with Crippen molar-refractivity contribution in [3.63, 3.8) is 0 Å². The van der Waals surface area contributed by atoms with Crippen LogP contribution in [0.25, 0.3) is 0 Å². The number of nitrogens with one attached hydrogen (secondary N) is 1. The van der Waals surface area contributed by atoms with Gasteiger partial charge in [0.05, 0.1) is 0 Å². The topological polar surface area (TPSA) is 12.0 Å². The molecule has 1 heteroatoms. The monoisotopic (exact) mass is 223 g/mol. The average molecular weight is 223 g/mol. The summed E-state index contributed by atoms with van der Waals surface area (Å²) in [6, 6.07) is 20.0. The molecule has 17 heavy (non-hydrogen) atoms. The molecular weight excluding hydrogens is 206 g/mol. The predicted octanol–water partition coefficient (Wildman–Crippen LogP) is 3.85. The molecule has 0 bridgehead atoms. The molecular formula is C16H17N. The molecule has 0 aliphatic heterocycles. The van der Waals surface area contributed by atoms with E-state index in [0.717, 1.165) is 6.42 Å². The molecule has 2 aromatic rings. The van der Waals surface area contributed by atoms with E-state index in [2.05, 4.69) is 59.9 Å². The van der Waals surface area contributed by atoms with Gasteiger partial charge >= 0.3 is 0 Å². The average Bonchev–Trinajstić information content (AvgIpc) is 3.17. The van der Waals surface area contributed by atoms with Crippen LogP contribution in [0.5, 0.6) is 0 Å². The molecule has 3 rings (SSSR count). The third kappa shape index (κ3) is 2.68. The Morgan fingerprint density at radius 2 is 1.59 bits per heavy atom. The Labute approximate surface area is 102 Å². The van der Waals surface area contributed by atoms with E-state index >= 15 is 0 Å². The van der Waals surface area contributed by atoms with Crippen molar-refractivity contribution >= 4 is 5.69 Å². The second-order valence-corrected chi connectivity index (χ2v) is 4.74. The molecule has 1 aliphatic rings. The summed E-state index contributed by atoms with van der Waals surface area (Å²) in [7, 11) is 0. The lowest BCUT2D eigenvalue weighted by Gasteiger charge is -2.11. The third-order valence-electron chi connectivity index (χ3n) is 3.19. The zero-order valence-corrected chi connectivity index (χ0v) is 9.89. The van der Waals surface area contributed by atoms with Crippen molar-refractivity contribution in [1.82, 2.24) is 0 Å². The summed E-state index contributed by atoms with van der Waals surface area (Å²) < 4.78 is 0. The Bertz CT molecular complexity index is 486. The van der Waals surface area contributed by atoms with E-state index in [1.807, 2.05) is 0 Å². The van der Waals surface area contributed by atoms with Gasteiger partial charge in [-0.3, -0.25) is 0 Å². The number of rotatable bonds is 4. The molecule has 0 saturated heterocycles. The zero-order valence-electron chi connectivity index (χ0n) is 9.89. The lowest BCUT2D eigenvalue weighted by Crippen LogP contribution is -2.04. The van der Waals surface area contributed by atoms with Crippen LogP contribution in [0, 0.1) is 0 Å². The number of benzene rings is 2. The van der Waals surface area contributed by atoms with Gasteiger partial charge in [0.1, 0.15) is 0 Å². The van der Waals surface area contributed by atoms with Gasteiger partial charge in [-0.25, -0.2) is 0 Å². The van der Waals surface area contributed by atoms with Crippen LogP contribution in [-0.4, -0.2) is 6.04 Å². The summed E-state index contributed by atoms with van der Waals surface area (Å²) in [5.41, 5.74) is 4.07. The zero-order chi connectivity index (χ0) is 11.5. The molecule has 1 fully saturated rings. The van der Waals surface area contributed by atoms with Crippen LogP contribution in [0.15, 0.2) is 54.6 Å². The van der Waals surface area contributed by atoms with E-state index in [0.29, 0.717) is 6.04 Å². The third-order valence-corrected chi connectivity index (χ3v) is 3.19. The Kier molecular flexibility index (Phi) is 2.83. The van der Waals surface area contributed by atoms with Gasteiger partial charge in [0.15, 0.2) is 0 Å². The van der Waals surface area contributed by atoms with Gasteiger partial charge in [-0.1, -0.05) is 48.5 Å². The van der Waals surface area contributed by atoms with Crippen LogP contribution in [0.1, 0.15) is 24.0 Å². The van der Waals surface area contributed by atoms with Gasteiger partial charge in [0.25, 0.3) is 0 Å². The first kappa shape index (κ1) is 10.4. The quantitative estimate of drug-likeness (QED) is 0.830. The lowest BCUT2D eigenvalue weighted by molar-refractivity contribution is 1.11. The molecule has 0 spiro atoms. The van der Waals surface area contributed by atoms with E-state index in [4.69, 9.17) is 0 Å². The lowest BCUT2D eigenvalue weighted by atomic mass is 10.0. The first-order chi connectivity index (χ1) is 8.42. The molecule has 0 atom stereocenters. The molecule has 0 unspecified atom stereocenters. The number of para-hydroxylation sites is 1. The Balaban J connectivity index is 1.81. The number of hydrogen-bond acceptors (Lipinski definition) is 1. The standard InChI is InChI=1S/C16H17N/c1-2-6-13(7-3-1)12-14-8-4-5-9-16(14)17-15-10-11-15/h1-9,15,17H,10-12H2. The minimum absolute atomic E-state index is 0.715. The summed E-state index contributed by atoms with van der Waals surface area (Å²) in [5.74, 6) is 0. The maximum atomic E-state index is 3.60. The van der Waals surface area contributed by atoms with E-state index < -0.39 is 0 Å². The van der Waals surface area contributed by atoms with Crippen LogP contribution < -0.4 is 5.32 Å². The van der Waals surface area contributed by atoms with Gasteiger partial charge in [0, 0.05) is 11.7 Å². The van der Waals surface area contributed by atoms with Gasteiger partial charge in [0.2, 0.25) is 0 Å². The summed E-state index contributed by atoms with van der Waals surface area (Å²) in [6.07, 6.45) is 3.65. The Morgan fingerprint density at radius 3 is 2.35 bits per heavy atom. The fourth-order valence-corrected chi connectivity index (χ4v) is 2.08. The number of hydrogen-bond donors (Lipinski definition) is 1. The van der Waals surface area contributed by atoms with Crippen molar-refractivity contribution in [1.29, 1.82) is 0 Å². The molecule has 2 aromatic carbocycles. The molecule has 1 N–H and O–H groups in total. The van der Waals surface area contributed by atoms with Crippen molar-refractivity contribution in [3.8, 4) is 0 Å². The van der Waals surface area contributed by atoms with E-state index in [-0.39, 0.29) is 0 Å². The van der Waals surface area contributed by atoms with Crippen LogP contribution in [0.4, 0.5) is 5.69 Å². The molecule has 0 radical (unpaired) electrons. The van der Waals surface area contributed by atoms with Crippen LogP contribution in [0.2, 0.25) is 0 Å². The number of anilines is 1. The van der Waals surface area contributed by atoms with Gasteiger partial charge < -0.3 is 5.32 Å². The molecule has 0 heterocycles. The van der Waals surface area contributed by atoms with Crippen molar-refractivity contribution in [2.24, 2.45) is 0 Å². The van der Waals surface area contributed by atoms with E-state index in [1.165, 1.54) is 29.7 Å². The van der Waals surface area contributed by atoms with Crippen molar-refractivity contribution in [2.75, 3.05) is 5.32 Å².